The zero-order valence-electron chi connectivity index (χ0n) is 9.36. The molecule has 0 amide bonds. The van der Waals surface area contributed by atoms with Gasteiger partial charge in [-0.25, -0.2) is 0 Å². The van der Waals surface area contributed by atoms with Crippen LogP contribution >= 0.6 is 0 Å². The Labute approximate surface area is 127 Å². The van der Waals surface area contributed by atoms with Gasteiger partial charge in [0.05, 0.1) is 0 Å². The summed E-state index contributed by atoms with van der Waals surface area (Å²) in [6.45, 7) is 1.40. The second-order valence-electron chi connectivity index (χ2n) is 3.07. The molecular formula is C12H17NaO5. The molecule has 2 aromatic rings. The van der Waals surface area contributed by atoms with Crippen molar-refractivity contribution in [2.75, 3.05) is 0 Å². The first kappa shape index (κ1) is 22.2. The average molecular weight is 264 g/mol. The van der Waals surface area contributed by atoms with E-state index in [4.69, 9.17) is 4.74 Å². The molecule has 0 heterocycles. The Morgan fingerprint density at radius 1 is 0.944 bits per heavy atom. The van der Waals surface area contributed by atoms with Crippen LogP contribution in [0.3, 0.4) is 0 Å². The molecule has 18 heavy (non-hydrogen) atoms. The summed E-state index contributed by atoms with van der Waals surface area (Å²) in [5, 5.41) is 2.04. The number of rotatable bonds is 1. The normalized spacial score (nSPS) is 7.83. The third-order valence-corrected chi connectivity index (χ3v) is 2.00. The van der Waals surface area contributed by atoms with Gasteiger partial charge in [-0.1, -0.05) is 36.4 Å². The molecule has 96 valence electrons. The molecule has 0 unspecified atom stereocenters. The predicted octanol–water partition coefficient (Wildman–Crippen LogP) is -0.358. The molecular weight excluding hydrogens is 247 g/mol. The van der Waals surface area contributed by atoms with Gasteiger partial charge in [-0.15, -0.1) is 0 Å². The number of hydrogen-bond acceptors (Lipinski definition) is 2. The zero-order chi connectivity index (χ0) is 9.97. The van der Waals surface area contributed by atoms with Gasteiger partial charge in [-0.05, 0) is 11.5 Å². The van der Waals surface area contributed by atoms with Crippen LogP contribution in [0, 0.1) is 0 Å². The van der Waals surface area contributed by atoms with Crippen LogP contribution in [0.25, 0.3) is 10.8 Å². The van der Waals surface area contributed by atoms with Crippen molar-refractivity contribution in [3.8, 4) is 5.75 Å². The van der Waals surface area contributed by atoms with Crippen molar-refractivity contribution in [1.29, 1.82) is 0 Å². The van der Waals surface area contributed by atoms with E-state index in [2.05, 4.69) is 0 Å². The fourth-order valence-corrected chi connectivity index (χ4v) is 1.44. The van der Waals surface area contributed by atoms with Gasteiger partial charge >= 0.3 is 35.5 Å². The zero-order valence-corrected chi connectivity index (χ0v) is 9.36. The van der Waals surface area contributed by atoms with Gasteiger partial charge in [0.2, 0.25) is 0 Å². The Hall–Kier alpha value is -0.950. The SMILES string of the molecule is CC(=O)Oc1cccc2ccccc12.O.O.O.[NaH]. The number of ether oxygens (including phenoxy) is 1. The Balaban J connectivity index is -0.000000562. The van der Waals surface area contributed by atoms with Crippen LogP contribution in [0.2, 0.25) is 0 Å². The van der Waals surface area contributed by atoms with Crippen LogP contribution in [0.5, 0.6) is 5.75 Å². The molecule has 0 atom stereocenters. The summed E-state index contributed by atoms with van der Waals surface area (Å²) < 4.78 is 5.09. The van der Waals surface area contributed by atoms with E-state index >= 15 is 0 Å². The molecule has 0 fully saturated rings. The second-order valence-corrected chi connectivity index (χ2v) is 3.07. The van der Waals surface area contributed by atoms with Crippen molar-refractivity contribution in [2.45, 2.75) is 6.92 Å². The van der Waals surface area contributed by atoms with E-state index in [1.54, 1.807) is 6.07 Å². The molecule has 0 spiro atoms. The maximum absolute atomic E-state index is 10.8. The minimum absolute atomic E-state index is 0. The molecule has 0 radical (unpaired) electrons. The summed E-state index contributed by atoms with van der Waals surface area (Å²) >= 11 is 0. The fraction of sp³-hybridized carbons (Fsp3) is 0.0833. The van der Waals surface area contributed by atoms with Crippen molar-refractivity contribution < 1.29 is 26.0 Å². The van der Waals surface area contributed by atoms with Gasteiger partial charge in [0.1, 0.15) is 5.75 Å². The van der Waals surface area contributed by atoms with Gasteiger partial charge in [0, 0.05) is 12.3 Å². The Morgan fingerprint density at radius 2 is 1.50 bits per heavy atom. The standard InChI is InChI=1S/C12H10O2.Na.3H2O.H/c1-9(13)14-12-8-4-6-10-5-2-3-7-11(10)12;;;;;/h2-8H,1H3;;3*1H2;. The van der Waals surface area contributed by atoms with E-state index in [1.807, 2.05) is 36.4 Å². The molecule has 0 aliphatic carbocycles. The second kappa shape index (κ2) is 10.0. The van der Waals surface area contributed by atoms with Gasteiger partial charge < -0.3 is 21.2 Å². The average Bonchev–Trinajstić information content (AvgIpc) is 2.18. The van der Waals surface area contributed by atoms with Crippen LogP contribution in [0.4, 0.5) is 0 Å². The molecule has 0 aromatic heterocycles. The van der Waals surface area contributed by atoms with E-state index in [1.165, 1.54) is 6.92 Å². The number of carbonyl (C=O) groups excluding carboxylic acids is 1. The first-order valence-corrected chi connectivity index (χ1v) is 4.43. The van der Waals surface area contributed by atoms with E-state index in [-0.39, 0.29) is 52.0 Å². The van der Waals surface area contributed by atoms with Gasteiger partial charge in [0.15, 0.2) is 0 Å². The fourth-order valence-electron chi connectivity index (χ4n) is 1.44. The Morgan fingerprint density at radius 3 is 2.11 bits per heavy atom. The van der Waals surface area contributed by atoms with Crippen LogP contribution in [-0.2, 0) is 4.79 Å². The number of fused-ring (bicyclic) bond motifs is 1. The quantitative estimate of drug-likeness (QED) is 0.397. The molecule has 0 aliphatic rings. The Kier molecular flexibility index (Phi) is 12.4. The first-order valence-electron chi connectivity index (χ1n) is 4.43. The molecule has 6 N–H and O–H groups in total. The van der Waals surface area contributed by atoms with E-state index in [0.717, 1.165) is 10.8 Å². The number of esters is 1. The van der Waals surface area contributed by atoms with E-state index in [9.17, 15) is 4.79 Å². The minimum atomic E-state index is -0.290. The molecule has 0 aliphatic heterocycles. The molecule has 2 rings (SSSR count). The molecule has 5 nitrogen and oxygen atoms in total. The van der Waals surface area contributed by atoms with Gasteiger partial charge in [-0.3, -0.25) is 4.79 Å². The summed E-state index contributed by atoms with van der Waals surface area (Å²) in [6, 6.07) is 13.5. The predicted molar refractivity (Wildman–Crippen MR) is 73.2 cm³/mol. The van der Waals surface area contributed by atoms with Crippen LogP contribution in [0.15, 0.2) is 42.5 Å². The molecule has 0 bridgehead atoms. The van der Waals surface area contributed by atoms with Crippen LogP contribution in [-0.4, -0.2) is 52.0 Å². The first-order chi connectivity index (χ1) is 6.77. The van der Waals surface area contributed by atoms with Crippen molar-refractivity contribution in [1.82, 2.24) is 0 Å². The number of benzene rings is 2. The number of hydrogen-bond donors (Lipinski definition) is 0. The van der Waals surface area contributed by atoms with Crippen molar-refractivity contribution in [3.63, 3.8) is 0 Å². The monoisotopic (exact) mass is 264 g/mol. The van der Waals surface area contributed by atoms with Gasteiger partial charge in [0.25, 0.3) is 0 Å². The molecule has 0 saturated carbocycles. The Bertz CT molecular complexity index is 481. The van der Waals surface area contributed by atoms with E-state index < -0.39 is 0 Å². The topological polar surface area (TPSA) is 121 Å². The summed E-state index contributed by atoms with van der Waals surface area (Å²) in [4.78, 5) is 10.8. The van der Waals surface area contributed by atoms with Crippen molar-refractivity contribution >= 4 is 46.3 Å². The molecule has 2 aromatic carbocycles. The van der Waals surface area contributed by atoms with Crippen LogP contribution in [0.1, 0.15) is 6.92 Å². The molecule has 0 saturated heterocycles. The van der Waals surface area contributed by atoms with E-state index in [0.29, 0.717) is 5.75 Å². The van der Waals surface area contributed by atoms with Crippen molar-refractivity contribution in [2.24, 2.45) is 0 Å². The summed E-state index contributed by atoms with van der Waals surface area (Å²) in [6.07, 6.45) is 0. The van der Waals surface area contributed by atoms with Crippen molar-refractivity contribution in [3.05, 3.63) is 42.5 Å². The summed E-state index contributed by atoms with van der Waals surface area (Å²) in [7, 11) is 0. The van der Waals surface area contributed by atoms with Crippen LogP contribution < -0.4 is 4.74 Å². The summed E-state index contributed by atoms with van der Waals surface area (Å²) in [5.74, 6) is 0.331. The van der Waals surface area contributed by atoms with Gasteiger partial charge in [-0.2, -0.15) is 0 Å². The molecule has 6 heteroatoms. The summed E-state index contributed by atoms with van der Waals surface area (Å²) in [5.41, 5.74) is 0. The maximum atomic E-state index is 10.8. The third-order valence-electron chi connectivity index (χ3n) is 2.00. The number of carbonyl (C=O) groups is 1. The third kappa shape index (κ3) is 5.14.